The molecule has 0 radical (unpaired) electrons. The van der Waals surface area contributed by atoms with E-state index in [-0.39, 0.29) is 53.2 Å². The SMILES string of the molecule is CCn1c(=O)c2c(nc(/C=C/c3ccc(S(=O)(=O)N(C)Cc4ccc[n+](C)c4)cc3)n2C)n(CC)c1=O.[I-]. The third kappa shape index (κ3) is 5.52. The molecule has 3 aromatic heterocycles. The molecule has 4 rings (SSSR count). The van der Waals surface area contributed by atoms with Crippen molar-refractivity contribution < 1.29 is 37.0 Å². The fourth-order valence-electron chi connectivity index (χ4n) is 4.28. The molecule has 0 N–H and O–H groups in total. The van der Waals surface area contributed by atoms with Crippen LogP contribution < -0.4 is 39.8 Å². The third-order valence-electron chi connectivity index (χ3n) is 6.33. The Morgan fingerprint density at radius 2 is 1.68 bits per heavy atom. The molecular weight excluding hydrogens is 619 g/mol. The Bertz CT molecular complexity index is 1720. The van der Waals surface area contributed by atoms with Gasteiger partial charge in [0.05, 0.1) is 4.90 Å². The number of pyridine rings is 1. The number of halogens is 1. The van der Waals surface area contributed by atoms with Crippen LogP contribution in [0.4, 0.5) is 0 Å². The molecule has 10 nitrogen and oxygen atoms in total. The van der Waals surface area contributed by atoms with E-state index in [1.54, 1.807) is 62.0 Å². The van der Waals surface area contributed by atoms with E-state index < -0.39 is 10.0 Å². The number of benzene rings is 1. The van der Waals surface area contributed by atoms with Gasteiger partial charge < -0.3 is 28.5 Å². The molecule has 12 heteroatoms. The molecule has 0 amide bonds. The van der Waals surface area contributed by atoms with Crippen molar-refractivity contribution in [2.24, 2.45) is 14.1 Å². The number of fused-ring (bicyclic) bond motifs is 1. The summed E-state index contributed by atoms with van der Waals surface area (Å²) >= 11 is 0. The lowest BCUT2D eigenvalue weighted by molar-refractivity contribution is -0.672. The first-order valence-electron chi connectivity index (χ1n) is 12.0. The summed E-state index contributed by atoms with van der Waals surface area (Å²) in [5.41, 5.74) is 1.61. The van der Waals surface area contributed by atoms with Crippen LogP contribution in [-0.4, -0.2) is 38.5 Å². The highest BCUT2D eigenvalue weighted by Crippen LogP contribution is 2.19. The lowest BCUT2D eigenvalue weighted by atomic mass is 10.2. The van der Waals surface area contributed by atoms with Crippen LogP contribution in [-0.2, 0) is 43.8 Å². The highest BCUT2D eigenvalue weighted by molar-refractivity contribution is 7.89. The van der Waals surface area contributed by atoms with Crippen molar-refractivity contribution >= 4 is 33.3 Å². The molecule has 38 heavy (non-hydrogen) atoms. The predicted molar refractivity (Wildman–Crippen MR) is 142 cm³/mol. The number of imidazole rings is 1. The van der Waals surface area contributed by atoms with Crippen LogP contribution in [0.5, 0.6) is 0 Å². The van der Waals surface area contributed by atoms with Gasteiger partial charge in [-0.05, 0) is 43.7 Å². The summed E-state index contributed by atoms with van der Waals surface area (Å²) in [5.74, 6) is 0.509. The fraction of sp³-hybridized carbons (Fsp3) is 0.308. The van der Waals surface area contributed by atoms with Gasteiger partial charge in [0, 0.05) is 45.4 Å². The summed E-state index contributed by atoms with van der Waals surface area (Å²) in [6.07, 6.45) is 7.31. The molecule has 1 aromatic carbocycles. The molecule has 0 saturated heterocycles. The molecule has 202 valence electrons. The van der Waals surface area contributed by atoms with E-state index >= 15 is 0 Å². The van der Waals surface area contributed by atoms with Crippen LogP contribution in [0.2, 0.25) is 0 Å². The zero-order valence-corrected chi connectivity index (χ0v) is 25.0. The zero-order chi connectivity index (χ0) is 26.9. The van der Waals surface area contributed by atoms with Gasteiger partial charge >= 0.3 is 5.69 Å². The highest BCUT2D eigenvalue weighted by Gasteiger charge is 2.22. The van der Waals surface area contributed by atoms with Crippen LogP contribution in [0.3, 0.4) is 0 Å². The average Bonchev–Trinajstić information content (AvgIpc) is 3.19. The van der Waals surface area contributed by atoms with Gasteiger partial charge in [-0.2, -0.15) is 4.31 Å². The van der Waals surface area contributed by atoms with E-state index in [0.29, 0.717) is 23.5 Å². The normalized spacial score (nSPS) is 11.9. The first kappa shape index (κ1) is 29.5. The maximum Gasteiger partial charge on any atom is 0.332 e. The number of sulfonamides is 1. The van der Waals surface area contributed by atoms with Crippen LogP contribution in [0.15, 0.2) is 63.3 Å². The van der Waals surface area contributed by atoms with Crippen LogP contribution in [0.1, 0.15) is 30.8 Å². The molecule has 0 atom stereocenters. The molecule has 3 heterocycles. The Labute approximate surface area is 238 Å². The lowest BCUT2D eigenvalue weighted by Crippen LogP contribution is -3.00. The molecule has 0 aliphatic carbocycles. The number of hydrogen-bond acceptors (Lipinski definition) is 5. The minimum absolute atomic E-state index is 0. The summed E-state index contributed by atoms with van der Waals surface area (Å²) in [5, 5.41) is 0. The van der Waals surface area contributed by atoms with E-state index in [4.69, 9.17) is 0 Å². The van der Waals surface area contributed by atoms with Gasteiger partial charge in [-0.25, -0.2) is 22.8 Å². The first-order valence-corrected chi connectivity index (χ1v) is 13.4. The molecular formula is C26H31IN6O4S. The Hall–Kier alpha value is -3.10. The van der Waals surface area contributed by atoms with Gasteiger partial charge in [0.2, 0.25) is 10.0 Å². The van der Waals surface area contributed by atoms with Gasteiger partial charge in [0.25, 0.3) is 5.56 Å². The Kier molecular flexibility index (Phi) is 9.10. The van der Waals surface area contributed by atoms with E-state index in [0.717, 1.165) is 11.1 Å². The van der Waals surface area contributed by atoms with Crippen LogP contribution >= 0.6 is 0 Å². The highest BCUT2D eigenvalue weighted by atomic mass is 127. The molecule has 0 unspecified atom stereocenters. The Balaban J connectivity index is 0.00000400. The first-order chi connectivity index (χ1) is 17.6. The molecule has 0 aliphatic rings. The van der Waals surface area contributed by atoms with E-state index in [2.05, 4.69) is 4.98 Å². The van der Waals surface area contributed by atoms with Crippen molar-refractivity contribution in [3.8, 4) is 0 Å². The smallest absolute Gasteiger partial charge is 0.332 e. The molecule has 0 aliphatic heterocycles. The largest absolute Gasteiger partial charge is 1.00 e. The van der Waals surface area contributed by atoms with Gasteiger partial charge in [0.15, 0.2) is 23.6 Å². The second-order valence-electron chi connectivity index (χ2n) is 8.82. The van der Waals surface area contributed by atoms with Gasteiger partial charge in [-0.15, -0.1) is 0 Å². The standard InChI is InChI=1S/C26H31N6O4S.HI/c1-6-31-24-23(25(33)32(7-2)26(31)34)30(5)22(27-24)15-12-19-10-13-21(14-11-19)37(35,36)29(4)18-20-9-8-16-28(3)17-20;/h8-17H,6-7,18H2,1-5H3;1H/q+1;/p-1/b15-12+;. The Morgan fingerprint density at radius 1 is 1.03 bits per heavy atom. The molecule has 0 spiro atoms. The second-order valence-corrected chi connectivity index (χ2v) is 10.9. The minimum atomic E-state index is -3.67. The summed E-state index contributed by atoms with van der Waals surface area (Å²) < 4.78 is 33.7. The summed E-state index contributed by atoms with van der Waals surface area (Å²) in [6, 6.07) is 10.3. The lowest BCUT2D eigenvalue weighted by Gasteiger charge is -2.16. The van der Waals surface area contributed by atoms with Crippen molar-refractivity contribution in [1.82, 2.24) is 23.0 Å². The van der Waals surface area contributed by atoms with E-state index in [1.807, 2.05) is 43.1 Å². The molecule has 0 fully saturated rings. The minimum Gasteiger partial charge on any atom is -1.00 e. The van der Waals surface area contributed by atoms with E-state index in [9.17, 15) is 18.0 Å². The number of rotatable bonds is 8. The zero-order valence-electron chi connectivity index (χ0n) is 22.0. The van der Waals surface area contributed by atoms with Crippen molar-refractivity contribution in [1.29, 1.82) is 0 Å². The van der Waals surface area contributed by atoms with Crippen molar-refractivity contribution in [2.75, 3.05) is 7.05 Å². The molecule has 4 aromatic rings. The summed E-state index contributed by atoms with van der Waals surface area (Å²) in [6.45, 7) is 4.52. The van der Waals surface area contributed by atoms with E-state index in [1.165, 1.54) is 13.4 Å². The molecule has 0 saturated carbocycles. The topological polar surface area (TPSA) is 103 Å². The van der Waals surface area contributed by atoms with Crippen LogP contribution in [0.25, 0.3) is 23.3 Å². The van der Waals surface area contributed by atoms with Crippen molar-refractivity contribution in [3.63, 3.8) is 0 Å². The maximum absolute atomic E-state index is 13.1. The maximum atomic E-state index is 13.1. The average molecular weight is 651 g/mol. The number of aryl methyl sites for hydroxylation is 3. The quantitative estimate of drug-likeness (QED) is 0.176. The fourth-order valence-corrected chi connectivity index (χ4v) is 5.44. The Morgan fingerprint density at radius 3 is 2.29 bits per heavy atom. The number of aromatic nitrogens is 5. The second kappa shape index (κ2) is 11.7. The van der Waals surface area contributed by atoms with Crippen LogP contribution in [0, 0.1) is 0 Å². The third-order valence-corrected chi connectivity index (χ3v) is 8.15. The summed E-state index contributed by atoms with van der Waals surface area (Å²) in [7, 11) is 1.52. The van der Waals surface area contributed by atoms with Crippen molar-refractivity contribution in [3.05, 3.63) is 86.6 Å². The van der Waals surface area contributed by atoms with Gasteiger partial charge in [-0.3, -0.25) is 13.9 Å². The molecule has 0 bridgehead atoms. The number of hydrogen-bond donors (Lipinski definition) is 0. The van der Waals surface area contributed by atoms with Crippen molar-refractivity contribution in [2.45, 2.75) is 38.4 Å². The monoisotopic (exact) mass is 650 g/mol. The summed E-state index contributed by atoms with van der Waals surface area (Å²) in [4.78, 5) is 30.3. The number of nitrogens with zero attached hydrogens (tertiary/aromatic N) is 6. The van der Waals surface area contributed by atoms with Gasteiger partial charge in [-0.1, -0.05) is 18.2 Å². The van der Waals surface area contributed by atoms with Gasteiger partial charge in [0.1, 0.15) is 12.9 Å². The predicted octanol–water partition coefficient (Wildman–Crippen LogP) is -1.24.